The van der Waals surface area contributed by atoms with Crippen molar-refractivity contribution in [3.05, 3.63) is 23.8 Å². The molecule has 16 heavy (non-hydrogen) atoms. The number of hydrogen-bond donors (Lipinski definition) is 0. The molecule has 0 saturated carbocycles. The number of hydrogen-bond acceptors (Lipinski definition) is 2. The Kier molecular flexibility index (Phi) is 4.10. The third-order valence-electron chi connectivity index (χ3n) is 1.72. The average molecular weight is 230 g/mol. The van der Waals surface area contributed by atoms with Gasteiger partial charge in [-0.05, 0) is 39.8 Å². The fourth-order valence-corrected chi connectivity index (χ4v) is 1.21. The van der Waals surface area contributed by atoms with E-state index in [9.17, 15) is 8.78 Å². The minimum Gasteiger partial charge on any atom is -0.484 e. The summed E-state index contributed by atoms with van der Waals surface area (Å²) in [5, 5.41) is 0. The number of halogens is 2. The Labute approximate surface area is 94.2 Å². The molecule has 1 aromatic rings. The second-order valence-electron chi connectivity index (χ2n) is 4.02. The van der Waals surface area contributed by atoms with Crippen LogP contribution in [0.15, 0.2) is 12.1 Å². The van der Waals surface area contributed by atoms with Gasteiger partial charge in [-0.2, -0.15) is 0 Å². The van der Waals surface area contributed by atoms with Crippen molar-refractivity contribution in [2.24, 2.45) is 0 Å². The van der Waals surface area contributed by atoms with Crippen LogP contribution in [0.3, 0.4) is 0 Å². The second kappa shape index (κ2) is 5.14. The molecule has 0 aliphatic rings. The summed E-state index contributed by atoms with van der Waals surface area (Å²) in [5.41, 5.74) is 0. The fraction of sp³-hybridized carbons (Fsp3) is 0.500. The van der Waals surface area contributed by atoms with Gasteiger partial charge in [-0.3, -0.25) is 0 Å². The molecule has 1 rings (SSSR count). The van der Waals surface area contributed by atoms with Crippen LogP contribution in [-0.4, -0.2) is 12.2 Å². The molecule has 90 valence electrons. The zero-order valence-electron chi connectivity index (χ0n) is 9.88. The standard InChI is InChI=1S/C12H16F2O2/c1-7(2)15-11-9(13)5-6-10(14)12(11)16-8(3)4/h5-8H,1-4H3. The number of benzene rings is 1. The van der Waals surface area contributed by atoms with Crippen LogP contribution in [0, 0.1) is 11.6 Å². The summed E-state index contributed by atoms with van der Waals surface area (Å²) in [5.74, 6) is -1.57. The molecule has 0 fully saturated rings. The molecular weight excluding hydrogens is 214 g/mol. The van der Waals surface area contributed by atoms with Gasteiger partial charge in [-0.25, -0.2) is 8.78 Å². The summed E-state index contributed by atoms with van der Waals surface area (Å²) in [6.07, 6.45) is -0.489. The Morgan fingerprint density at radius 1 is 0.812 bits per heavy atom. The molecule has 0 unspecified atom stereocenters. The molecule has 0 bridgehead atoms. The van der Waals surface area contributed by atoms with Gasteiger partial charge in [0.2, 0.25) is 11.5 Å². The van der Waals surface area contributed by atoms with Crippen LogP contribution in [0.1, 0.15) is 27.7 Å². The summed E-state index contributed by atoms with van der Waals surface area (Å²) < 4.78 is 37.4. The first kappa shape index (κ1) is 12.7. The van der Waals surface area contributed by atoms with Gasteiger partial charge in [-0.1, -0.05) is 0 Å². The number of rotatable bonds is 4. The first-order valence-corrected chi connectivity index (χ1v) is 5.23. The van der Waals surface area contributed by atoms with Crippen LogP contribution in [0.25, 0.3) is 0 Å². The van der Waals surface area contributed by atoms with Gasteiger partial charge >= 0.3 is 0 Å². The molecule has 0 aliphatic heterocycles. The summed E-state index contributed by atoms with van der Waals surface area (Å²) >= 11 is 0. The van der Waals surface area contributed by atoms with E-state index in [4.69, 9.17) is 9.47 Å². The van der Waals surface area contributed by atoms with Crippen molar-refractivity contribution in [2.75, 3.05) is 0 Å². The van der Waals surface area contributed by atoms with Gasteiger partial charge in [0.1, 0.15) is 0 Å². The summed E-state index contributed by atoms with van der Waals surface area (Å²) in [4.78, 5) is 0. The van der Waals surface area contributed by atoms with Crippen molar-refractivity contribution in [2.45, 2.75) is 39.9 Å². The van der Waals surface area contributed by atoms with E-state index in [1.807, 2.05) is 0 Å². The SMILES string of the molecule is CC(C)Oc1c(F)ccc(F)c1OC(C)C. The molecule has 2 nitrogen and oxygen atoms in total. The normalized spacial score (nSPS) is 11.0. The molecule has 0 atom stereocenters. The van der Waals surface area contributed by atoms with Crippen molar-refractivity contribution in [3.63, 3.8) is 0 Å². The lowest BCUT2D eigenvalue weighted by Gasteiger charge is -2.17. The lowest BCUT2D eigenvalue weighted by Crippen LogP contribution is -2.13. The predicted octanol–water partition coefficient (Wildman–Crippen LogP) is 3.54. The maximum atomic E-state index is 13.5. The Bertz CT molecular complexity index is 327. The largest absolute Gasteiger partial charge is 0.484 e. The highest BCUT2D eigenvalue weighted by molar-refractivity contribution is 5.42. The molecule has 0 radical (unpaired) electrons. The van der Waals surface area contributed by atoms with E-state index in [1.54, 1.807) is 27.7 Å². The van der Waals surface area contributed by atoms with E-state index in [0.717, 1.165) is 12.1 Å². The first-order valence-electron chi connectivity index (χ1n) is 5.23. The van der Waals surface area contributed by atoms with Gasteiger partial charge < -0.3 is 9.47 Å². The second-order valence-corrected chi connectivity index (χ2v) is 4.02. The van der Waals surface area contributed by atoms with E-state index in [2.05, 4.69) is 0 Å². The number of ether oxygens (including phenoxy) is 2. The smallest absolute Gasteiger partial charge is 0.200 e. The highest BCUT2D eigenvalue weighted by Crippen LogP contribution is 2.34. The van der Waals surface area contributed by atoms with E-state index in [0.29, 0.717) is 0 Å². The molecule has 4 heteroatoms. The van der Waals surface area contributed by atoms with Gasteiger partial charge in [0, 0.05) is 0 Å². The van der Waals surface area contributed by atoms with Crippen LogP contribution < -0.4 is 9.47 Å². The lowest BCUT2D eigenvalue weighted by molar-refractivity contribution is 0.184. The Morgan fingerprint density at radius 2 is 1.12 bits per heavy atom. The zero-order valence-corrected chi connectivity index (χ0v) is 9.88. The molecule has 0 heterocycles. The summed E-state index contributed by atoms with van der Waals surface area (Å²) in [6.45, 7) is 6.96. The van der Waals surface area contributed by atoms with Crippen LogP contribution in [0.5, 0.6) is 11.5 Å². The Hall–Kier alpha value is -1.32. The third kappa shape index (κ3) is 3.08. The summed E-state index contributed by atoms with van der Waals surface area (Å²) in [6, 6.07) is 2.06. The molecule has 0 aromatic heterocycles. The van der Waals surface area contributed by atoms with Crippen molar-refractivity contribution < 1.29 is 18.3 Å². The Balaban J connectivity index is 3.14. The molecule has 0 aliphatic carbocycles. The van der Waals surface area contributed by atoms with Crippen molar-refractivity contribution >= 4 is 0 Å². The minimum absolute atomic E-state index is 0.163. The lowest BCUT2D eigenvalue weighted by atomic mass is 10.2. The summed E-state index contributed by atoms with van der Waals surface area (Å²) in [7, 11) is 0. The van der Waals surface area contributed by atoms with E-state index < -0.39 is 11.6 Å². The predicted molar refractivity (Wildman–Crippen MR) is 57.9 cm³/mol. The van der Waals surface area contributed by atoms with Crippen molar-refractivity contribution in [3.8, 4) is 11.5 Å². The fourth-order valence-electron chi connectivity index (χ4n) is 1.21. The minimum atomic E-state index is -0.620. The van der Waals surface area contributed by atoms with Crippen LogP contribution >= 0.6 is 0 Å². The van der Waals surface area contributed by atoms with Crippen molar-refractivity contribution in [1.29, 1.82) is 0 Å². The van der Waals surface area contributed by atoms with Gasteiger partial charge in [0.15, 0.2) is 11.6 Å². The average Bonchev–Trinajstić information content (AvgIpc) is 2.16. The molecule has 0 spiro atoms. The monoisotopic (exact) mass is 230 g/mol. The van der Waals surface area contributed by atoms with Gasteiger partial charge in [0.25, 0.3) is 0 Å². The van der Waals surface area contributed by atoms with Crippen molar-refractivity contribution in [1.82, 2.24) is 0 Å². The van der Waals surface area contributed by atoms with E-state index >= 15 is 0 Å². The topological polar surface area (TPSA) is 18.5 Å². The highest BCUT2D eigenvalue weighted by atomic mass is 19.1. The molecular formula is C12H16F2O2. The van der Waals surface area contributed by atoms with Crippen LogP contribution in [0.2, 0.25) is 0 Å². The first-order chi connectivity index (χ1) is 7.41. The third-order valence-corrected chi connectivity index (χ3v) is 1.72. The quantitative estimate of drug-likeness (QED) is 0.787. The Morgan fingerprint density at radius 3 is 1.38 bits per heavy atom. The van der Waals surface area contributed by atoms with E-state index in [1.165, 1.54) is 0 Å². The molecule has 0 amide bonds. The van der Waals surface area contributed by atoms with Crippen LogP contribution in [0.4, 0.5) is 8.78 Å². The highest BCUT2D eigenvalue weighted by Gasteiger charge is 2.18. The molecule has 1 aromatic carbocycles. The maximum Gasteiger partial charge on any atom is 0.200 e. The van der Waals surface area contributed by atoms with Crippen LogP contribution in [-0.2, 0) is 0 Å². The van der Waals surface area contributed by atoms with E-state index in [-0.39, 0.29) is 23.7 Å². The molecule has 0 saturated heterocycles. The maximum absolute atomic E-state index is 13.5. The van der Waals surface area contributed by atoms with Gasteiger partial charge in [0.05, 0.1) is 12.2 Å². The van der Waals surface area contributed by atoms with Gasteiger partial charge in [-0.15, -0.1) is 0 Å². The molecule has 0 N–H and O–H groups in total. The zero-order chi connectivity index (χ0) is 12.3.